The molecule has 23 heavy (non-hydrogen) atoms. The molecular formula is C16H14I2N2O2S. The zero-order valence-electron chi connectivity index (χ0n) is 12.0. The van der Waals surface area contributed by atoms with Crippen molar-refractivity contribution in [1.82, 2.24) is 0 Å². The lowest BCUT2D eigenvalue weighted by molar-refractivity contribution is -0.114. The number of anilines is 2. The van der Waals surface area contributed by atoms with Crippen LogP contribution in [0.5, 0.6) is 0 Å². The van der Waals surface area contributed by atoms with Gasteiger partial charge in [-0.2, -0.15) is 0 Å². The molecule has 7 heteroatoms. The van der Waals surface area contributed by atoms with Gasteiger partial charge < -0.3 is 10.6 Å². The number of nitrogens with one attached hydrogen (secondary N) is 2. The summed E-state index contributed by atoms with van der Waals surface area (Å²) in [5.41, 5.74) is 1.53. The first kappa shape index (κ1) is 18.5. The van der Waals surface area contributed by atoms with Crippen molar-refractivity contribution in [3.05, 3.63) is 55.7 Å². The smallest absolute Gasteiger partial charge is 0.234 e. The third kappa shape index (κ3) is 7.08. The molecule has 0 saturated heterocycles. The van der Waals surface area contributed by atoms with Crippen molar-refractivity contribution in [3.8, 4) is 0 Å². The summed E-state index contributed by atoms with van der Waals surface area (Å²) in [6.45, 7) is 0. The molecule has 2 aromatic rings. The van der Waals surface area contributed by atoms with Gasteiger partial charge in [0.2, 0.25) is 11.8 Å². The number of amides is 2. The zero-order valence-corrected chi connectivity index (χ0v) is 17.1. The highest BCUT2D eigenvalue weighted by Gasteiger charge is 2.06. The molecule has 0 unspecified atom stereocenters. The summed E-state index contributed by atoms with van der Waals surface area (Å²) in [6, 6.07) is 15.1. The van der Waals surface area contributed by atoms with Crippen LogP contribution in [0.1, 0.15) is 0 Å². The number of benzene rings is 2. The summed E-state index contributed by atoms with van der Waals surface area (Å²) in [6.07, 6.45) is 0. The van der Waals surface area contributed by atoms with E-state index in [4.69, 9.17) is 0 Å². The highest BCUT2D eigenvalue weighted by atomic mass is 127. The van der Waals surface area contributed by atoms with Gasteiger partial charge >= 0.3 is 0 Å². The number of thioether (sulfide) groups is 1. The molecule has 0 heterocycles. The molecular weight excluding hydrogens is 538 g/mol. The summed E-state index contributed by atoms with van der Waals surface area (Å²) in [4.78, 5) is 23.6. The second-order valence-electron chi connectivity index (χ2n) is 4.60. The van der Waals surface area contributed by atoms with Gasteiger partial charge in [0.1, 0.15) is 0 Å². The maximum absolute atomic E-state index is 11.8. The third-order valence-electron chi connectivity index (χ3n) is 2.72. The van der Waals surface area contributed by atoms with Gasteiger partial charge in [0.05, 0.1) is 11.5 Å². The topological polar surface area (TPSA) is 58.2 Å². The Morgan fingerprint density at radius 2 is 1.09 bits per heavy atom. The van der Waals surface area contributed by atoms with E-state index < -0.39 is 0 Å². The van der Waals surface area contributed by atoms with Crippen molar-refractivity contribution in [3.63, 3.8) is 0 Å². The summed E-state index contributed by atoms with van der Waals surface area (Å²) < 4.78 is 2.23. The number of halogens is 2. The van der Waals surface area contributed by atoms with Crippen molar-refractivity contribution in [1.29, 1.82) is 0 Å². The molecule has 2 aromatic carbocycles. The monoisotopic (exact) mass is 552 g/mol. The second-order valence-corrected chi connectivity index (χ2v) is 8.08. The number of rotatable bonds is 6. The number of hydrogen-bond donors (Lipinski definition) is 2. The van der Waals surface area contributed by atoms with E-state index in [-0.39, 0.29) is 23.3 Å². The fraction of sp³-hybridized carbons (Fsp3) is 0.125. The summed E-state index contributed by atoms with van der Waals surface area (Å²) in [5.74, 6) is 0.259. The molecule has 2 amide bonds. The van der Waals surface area contributed by atoms with Gasteiger partial charge in [-0.25, -0.2) is 0 Å². The molecule has 0 spiro atoms. The lowest BCUT2D eigenvalue weighted by Gasteiger charge is -2.06. The highest BCUT2D eigenvalue weighted by molar-refractivity contribution is 14.1. The lowest BCUT2D eigenvalue weighted by Crippen LogP contribution is -2.18. The first-order valence-electron chi connectivity index (χ1n) is 6.71. The lowest BCUT2D eigenvalue weighted by atomic mass is 10.3. The van der Waals surface area contributed by atoms with Crippen LogP contribution in [0.4, 0.5) is 11.4 Å². The van der Waals surface area contributed by atoms with Crippen molar-refractivity contribution >= 4 is 80.1 Å². The minimum Gasteiger partial charge on any atom is -0.325 e. The van der Waals surface area contributed by atoms with Crippen LogP contribution in [-0.4, -0.2) is 23.3 Å². The molecule has 2 N–H and O–H groups in total. The quantitative estimate of drug-likeness (QED) is 0.529. The molecule has 0 bridgehead atoms. The van der Waals surface area contributed by atoms with Crippen LogP contribution >= 0.6 is 56.9 Å². The maximum atomic E-state index is 11.8. The molecule has 0 atom stereocenters. The predicted molar refractivity (Wildman–Crippen MR) is 113 cm³/mol. The van der Waals surface area contributed by atoms with Gasteiger partial charge in [0.25, 0.3) is 0 Å². The number of hydrogen-bond acceptors (Lipinski definition) is 3. The Bertz CT molecular complexity index is 616. The van der Waals surface area contributed by atoms with Crippen LogP contribution in [-0.2, 0) is 9.59 Å². The number of carbonyl (C=O) groups excluding carboxylic acids is 2. The maximum Gasteiger partial charge on any atom is 0.234 e. The molecule has 0 aliphatic rings. The normalized spacial score (nSPS) is 10.2. The standard InChI is InChI=1S/C16H14I2N2O2S/c17-11-1-5-13(6-2-11)19-15(21)9-23-10-16(22)20-14-7-3-12(18)4-8-14/h1-8H,9-10H2,(H,19,21)(H,20,22). The van der Waals surface area contributed by atoms with Gasteiger partial charge in [-0.15, -0.1) is 11.8 Å². The molecule has 0 radical (unpaired) electrons. The molecule has 2 rings (SSSR count). The molecule has 0 aromatic heterocycles. The first-order chi connectivity index (χ1) is 11.0. The molecule has 0 aliphatic heterocycles. The van der Waals surface area contributed by atoms with Crippen LogP contribution in [0, 0.1) is 7.14 Å². The van der Waals surface area contributed by atoms with Gasteiger partial charge in [-0.3, -0.25) is 9.59 Å². The van der Waals surface area contributed by atoms with Crippen molar-refractivity contribution in [2.45, 2.75) is 0 Å². The van der Waals surface area contributed by atoms with Crippen LogP contribution in [0.25, 0.3) is 0 Å². The Kier molecular flexibility index (Phi) is 7.63. The second kappa shape index (κ2) is 9.48. The molecule has 120 valence electrons. The minimum atomic E-state index is -0.113. The fourth-order valence-electron chi connectivity index (χ4n) is 1.70. The SMILES string of the molecule is O=C(CSCC(=O)Nc1ccc(I)cc1)Nc1ccc(I)cc1. The van der Waals surface area contributed by atoms with Crippen LogP contribution in [0.15, 0.2) is 48.5 Å². The number of carbonyl (C=O) groups is 2. The van der Waals surface area contributed by atoms with Crippen LogP contribution in [0.3, 0.4) is 0 Å². The summed E-state index contributed by atoms with van der Waals surface area (Å²) >= 11 is 5.71. The Labute approximate surface area is 166 Å². The highest BCUT2D eigenvalue weighted by Crippen LogP contribution is 2.13. The molecule has 0 aliphatic carbocycles. The van der Waals surface area contributed by atoms with Crippen LogP contribution < -0.4 is 10.6 Å². The minimum absolute atomic E-state index is 0.113. The van der Waals surface area contributed by atoms with Crippen molar-refractivity contribution in [2.24, 2.45) is 0 Å². The van der Waals surface area contributed by atoms with Gasteiger partial charge in [0.15, 0.2) is 0 Å². The van der Waals surface area contributed by atoms with E-state index in [1.165, 1.54) is 11.8 Å². The third-order valence-corrected chi connectivity index (χ3v) is 5.09. The van der Waals surface area contributed by atoms with E-state index in [0.717, 1.165) is 18.5 Å². The molecule has 0 saturated carbocycles. The van der Waals surface area contributed by atoms with Crippen molar-refractivity contribution < 1.29 is 9.59 Å². The average Bonchev–Trinajstić information content (AvgIpc) is 2.52. The van der Waals surface area contributed by atoms with Gasteiger partial charge in [0, 0.05) is 18.5 Å². The van der Waals surface area contributed by atoms with Crippen LogP contribution in [0.2, 0.25) is 0 Å². The first-order valence-corrected chi connectivity index (χ1v) is 10.0. The van der Waals surface area contributed by atoms with Gasteiger partial charge in [-0.1, -0.05) is 0 Å². The summed E-state index contributed by atoms with van der Waals surface area (Å²) in [7, 11) is 0. The average molecular weight is 552 g/mol. The zero-order chi connectivity index (χ0) is 16.7. The van der Waals surface area contributed by atoms with E-state index >= 15 is 0 Å². The van der Waals surface area contributed by atoms with Crippen molar-refractivity contribution in [2.75, 3.05) is 22.1 Å². The fourth-order valence-corrected chi connectivity index (χ4v) is 3.03. The van der Waals surface area contributed by atoms with E-state index in [9.17, 15) is 9.59 Å². The Hall–Kier alpha value is -0.810. The predicted octanol–water partition coefficient (Wildman–Crippen LogP) is 4.21. The van der Waals surface area contributed by atoms with E-state index in [0.29, 0.717) is 0 Å². The Morgan fingerprint density at radius 3 is 1.43 bits per heavy atom. The van der Waals surface area contributed by atoms with E-state index in [1.54, 1.807) is 0 Å². The largest absolute Gasteiger partial charge is 0.325 e. The molecule has 4 nitrogen and oxygen atoms in total. The van der Waals surface area contributed by atoms with E-state index in [1.807, 2.05) is 48.5 Å². The van der Waals surface area contributed by atoms with Gasteiger partial charge in [-0.05, 0) is 93.7 Å². The Balaban J connectivity index is 1.69. The summed E-state index contributed by atoms with van der Waals surface area (Å²) in [5, 5.41) is 5.61. The Morgan fingerprint density at radius 1 is 0.739 bits per heavy atom. The molecule has 0 fully saturated rings. The van der Waals surface area contributed by atoms with E-state index in [2.05, 4.69) is 55.8 Å².